The molecule has 3 aromatic carbocycles. The average molecular weight is 597 g/mol. The van der Waals surface area contributed by atoms with Gasteiger partial charge in [-0.2, -0.15) is 0 Å². The van der Waals surface area contributed by atoms with Crippen LogP contribution in [0.15, 0.2) is 80.9 Å². The number of carbonyl (C=O) groups is 1. The van der Waals surface area contributed by atoms with Gasteiger partial charge in [0.2, 0.25) is 5.76 Å². The smallest absolute Gasteiger partial charge is 0.295 e. The van der Waals surface area contributed by atoms with Gasteiger partial charge < -0.3 is 18.6 Å². The molecule has 9 heteroatoms. The van der Waals surface area contributed by atoms with Gasteiger partial charge in [-0.15, -0.1) is 0 Å². The molecule has 1 aliphatic heterocycles. The fraction of sp³-hybridized carbons (Fsp3) is 0.172. The normalized spacial score (nSPS) is 14.5. The maximum atomic E-state index is 13.9. The molecule has 0 fully saturated rings. The van der Waals surface area contributed by atoms with E-state index in [1.54, 1.807) is 60.7 Å². The van der Waals surface area contributed by atoms with Gasteiger partial charge >= 0.3 is 0 Å². The van der Waals surface area contributed by atoms with Crippen molar-refractivity contribution in [1.29, 1.82) is 0 Å². The Morgan fingerprint density at radius 1 is 1.05 bits per heavy atom. The van der Waals surface area contributed by atoms with Crippen LogP contribution in [0, 0.1) is 0 Å². The van der Waals surface area contributed by atoms with Crippen molar-refractivity contribution >= 4 is 50.1 Å². The van der Waals surface area contributed by atoms with Crippen LogP contribution < -0.4 is 24.5 Å². The molecule has 0 spiro atoms. The van der Waals surface area contributed by atoms with Gasteiger partial charge in [-0.05, 0) is 61.0 Å². The number of carbonyl (C=O) groups excluding carboxylic acids is 1. The fourth-order valence-corrected chi connectivity index (χ4v) is 5.18. The molecular weight excluding hydrogens is 574 g/mol. The molecule has 1 aliphatic rings. The van der Waals surface area contributed by atoms with E-state index >= 15 is 0 Å². The van der Waals surface area contributed by atoms with Crippen LogP contribution >= 0.6 is 27.5 Å². The van der Waals surface area contributed by atoms with E-state index in [1.165, 1.54) is 12.0 Å². The summed E-state index contributed by atoms with van der Waals surface area (Å²) in [5.74, 6) is 0.982. The largest absolute Gasteiger partial charge is 0.495 e. The second kappa shape index (κ2) is 10.6. The van der Waals surface area contributed by atoms with Crippen LogP contribution in [0.4, 0.5) is 5.69 Å². The number of fused-ring (bicyclic) bond motifs is 2. The second-order valence-corrected chi connectivity index (χ2v) is 9.77. The molecule has 0 bridgehead atoms. The minimum atomic E-state index is -0.811. The van der Waals surface area contributed by atoms with Crippen molar-refractivity contribution in [2.24, 2.45) is 0 Å². The quantitative estimate of drug-likeness (QED) is 0.205. The summed E-state index contributed by atoms with van der Waals surface area (Å²) in [5.41, 5.74) is 1.37. The number of halogens is 2. The summed E-state index contributed by atoms with van der Waals surface area (Å²) >= 11 is 9.86. The topological polar surface area (TPSA) is 78.2 Å². The lowest BCUT2D eigenvalue weighted by molar-refractivity contribution is 0.0971. The highest BCUT2D eigenvalue weighted by Crippen LogP contribution is 2.44. The van der Waals surface area contributed by atoms with E-state index in [-0.39, 0.29) is 16.8 Å². The summed E-state index contributed by atoms with van der Waals surface area (Å²) in [6.45, 7) is 6.25. The van der Waals surface area contributed by atoms with Gasteiger partial charge in [0.1, 0.15) is 17.9 Å². The predicted octanol–water partition coefficient (Wildman–Crippen LogP) is 6.93. The minimum Gasteiger partial charge on any atom is -0.495 e. The standard InChI is InChI=1S/C29H23BrClNO6/c1-4-12-37-23-9-6-16(13-24(23)36-5-2)26-25-27(33)19-14-17(30)7-10-21(19)38-28(25)29(34)32(26)18-8-11-22(35-3)20(31)15-18/h4,6-11,13-15,26H,1,5,12H2,2-3H3. The Hall–Kier alpha value is -3.75. The lowest BCUT2D eigenvalue weighted by atomic mass is 9.97. The Kier molecular flexibility index (Phi) is 7.19. The number of rotatable bonds is 8. The molecule has 0 radical (unpaired) electrons. The van der Waals surface area contributed by atoms with Crippen LogP contribution in [0.5, 0.6) is 17.2 Å². The third kappa shape index (κ3) is 4.44. The molecule has 2 heterocycles. The molecule has 5 rings (SSSR count). The van der Waals surface area contributed by atoms with Gasteiger partial charge in [0.15, 0.2) is 16.9 Å². The highest BCUT2D eigenvalue weighted by molar-refractivity contribution is 9.10. The SMILES string of the molecule is C=CCOc1ccc(C2c3c(oc4ccc(Br)cc4c3=O)C(=O)N2c2ccc(OC)c(Cl)c2)cc1OCC. The number of anilines is 1. The Morgan fingerprint density at radius 2 is 1.84 bits per heavy atom. The molecule has 4 aromatic rings. The lowest BCUT2D eigenvalue weighted by Crippen LogP contribution is -2.29. The number of hydrogen-bond donors (Lipinski definition) is 0. The first-order valence-corrected chi connectivity index (χ1v) is 13.0. The fourth-order valence-electron chi connectivity index (χ4n) is 4.56. The van der Waals surface area contributed by atoms with E-state index in [4.69, 9.17) is 30.2 Å². The van der Waals surface area contributed by atoms with Crippen LogP contribution in [-0.2, 0) is 0 Å². The van der Waals surface area contributed by atoms with Crippen LogP contribution in [0.3, 0.4) is 0 Å². The van der Waals surface area contributed by atoms with Crippen molar-refractivity contribution in [3.05, 3.63) is 104 Å². The Morgan fingerprint density at radius 3 is 2.55 bits per heavy atom. The lowest BCUT2D eigenvalue weighted by Gasteiger charge is -2.26. The summed E-state index contributed by atoms with van der Waals surface area (Å²) in [5, 5.41) is 0.686. The van der Waals surface area contributed by atoms with Gasteiger partial charge in [0, 0.05) is 10.2 Å². The molecule has 0 saturated heterocycles. The Bertz CT molecular complexity index is 1630. The van der Waals surface area contributed by atoms with Crippen molar-refractivity contribution in [2.45, 2.75) is 13.0 Å². The van der Waals surface area contributed by atoms with Crippen molar-refractivity contribution in [1.82, 2.24) is 0 Å². The molecule has 194 valence electrons. The van der Waals surface area contributed by atoms with E-state index < -0.39 is 11.9 Å². The number of nitrogens with zero attached hydrogens (tertiary/aromatic N) is 1. The number of benzene rings is 3. The van der Waals surface area contributed by atoms with Crippen molar-refractivity contribution in [2.75, 3.05) is 25.2 Å². The maximum Gasteiger partial charge on any atom is 0.295 e. The summed E-state index contributed by atoms with van der Waals surface area (Å²) in [7, 11) is 1.51. The molecule has 1 aromatic heterocycles. The van der Waals surface area contributed by atoms with Crippen LogP contribution in [0.2, 0.25) is 5.02 Å². The van der Waals surface area contributed by atoms with Gasteiger partial charge in [-0.1, -0.05) is 46.3 Å². The molecule has 1 unspecified atom stereocenters. The number of hydrogen-bond acceptors (Lipinski definition) is 6. The van der Waals surface area contributed by atoms with Crippen LogP contribution in [0.1, 0.15) is 34.6 Å². The Labute approximate surface area is 232 Å². The van der Waals surface area contributed by atoms with E-state index in [1.807, 2.05) is 6.92 Å². The minimum absolute atomic E-state index is 0.0216. The first kappa shape index (κ1) is 25.9. The van der Waals surface area contributed by atoms with Crippen molar-refractivity contribution in [3.63, 3.8) is 0 Å². The third-order valence-corrected chi connectivity index (χ3v) is 6.97. The van der Waals surface area contributed by atoms with Gasteiger partial charge in [0.05, 0.1) is 35.7 Å². The molecular formula is C29H23BrClNO6. The van der Waals surface area contributed by atoms with Crippen LogP contribution in [-0.4, -0.2) is 26.2 Å². The summed E-state index contributed by atoms with van der Waals surface area (Å²) in [6, 6.07) is 14.6. The van der Waals surface area contributed by atoms with Crippen molar-refractivity contribution in [3.8, 4) is 17.2 Å². The number of methoxy groups -OCH3 is 1. The predicted molar refractivity (Wildman–Crippen MR) is 150 cm³/mol. The molecule has 0 saturated carbocycles. The summed E-state index contributed by atoms with van der Waals surface area (Å²) in [6.07, 6.45) is 1.64. The number of amides is 1. The van der Waals surface area contributed by atoms with E-state index in [2.05, 4.69) is 22.5 Å². The van der Waals surface area contributed by atoms with E-state index in [0.29, 0.717) is 57.7 Å². The van der Waals surface area contributed by atoms with Crippen LogP contribution in [0.25, 0.3) is 11.0 Å². The summed E-state index contributed by atoms with van der Waals surface area (Å²) < 4.78 is 23.7. The molecule has 38 heavy (non-hydrogen) atoms. The average Bonchev–Trinajstić information content (AvgIpc) is 3.20. The second-order valence-electron chi connectivity index (χ2n) is 8.45. The zero-order chi connectivity index (χ0) is 27.0. The summed E-state index contributed by atoms with van der Waals surface area (Å²) in [4.78, 5) is 29.3. The Balaban J connectivity index is 1.76. The first-order valence-electron chi connectivity index (χ1n) is 11.8. The molecule has 1 atom stereocenters. The number of ether oxygens (including phenoxy) is 3. The van der Waals surface area contributed by atoms with Crippen molar-refractivity contribution < 1.29 is 23.4 Å². The van der Waals surface area contributed by atoms with Gasteiger partial charge in [0.25, 0.3) is 5.91 Å². The zero-order valence-electron chi connectivity index (χ0n) is 20.6. The molecule has 7 nitrogen and oxygen atoms in total. The van der Waals surface area contributed by atoms with E-state index in [0.717, 1.165) is 4.47 Å². The molecule has 1 amide bonds. The molecule has 0 aliphatic carbocycles. The monoisotopic (exact) mass is 595 g/mol. The van der Waals surface area contributed by atoms with Gasteiger partial charge in [-0.3, -0.25) is 14.5 Å². The molecule has 0 N–H and O–H groups in total. The van der Waals surface area contributed by atoms with Gasteiger partial charge in [-0.25, -0.2) is 0 Å². The zero-order valence-corrected chi connectivity index (χ0v) is 23.0. The third-order valence-electron chi connectivity index (χ3n) is 6.19. The first-order chi connectivity index (χ1) is 18.4. The van der Waals surface area contributed by atoms with E-state index in [9.17, 15) is 9.59 Å². The highest BCUT2D eigenvalue weighted by Gasteiger charge is 2.44. The maximum absolute atomic E-state index is 13.9. The highest BCUT2D eigenvalue weighted by atomic mass is 79.9.